The molecule has 0 aromatic heterocycles. The van der Waals surface area contributed by atoms with E-state index in [2.05, 4.69) is 18.7 Å². The summed E-state index contributed by atoms with van der Waals surface area (Å²) < 4.78 is 48.6. The zero-order chi connectivity index (χ0) is 29.3. The van der Waals surface area contributed by atoms with E-state index in [9.17, 15) is 58.8 Å². The topological polar surface area (TPSA) is 300 Å². The van der Waals surface area contributed by atoms with E-state index < -0.39 is 102 Å². The minimum atomic E-state index is -5.62. The van der Waals surface area contributed by atoms with Crippen LogP contribution in [-0.2, 0) is 41.6 Å². The molecule has 4 amide bonds. The van der Waals surface area contributed by atoms with Crippen molar-refractivity contribution < 1.29 is 81.7 Å². The third-order valence-electron chi connectivity index (χ3n) is 5.83. The Labute approximate surface area is 248 Å². The van der Waals surface area contributed by atoms with Crippen LogP contribution in [-0.4, -0.2) is 163 Å². The molecule has 3 aliphatic heterocycles. The quantitative estimate of drug-likeness (QED) is 0.0806. The van der Waals surface area contributed by atoms with Crippen molar-refractivity contribution in [3.8, 4) is 0 Å². The Morgan fingerprint density at radius 2 is 1.68 bits per heavy atom. The van der Waals surface area contributed by atoms with Crippen molar-refractivity contribution in [2.75, 3.05) is 19.8 Å². The van der Waals surface area contributed by atoms with Crippen LogP contribution in [0.2, 0.25) is 0 Å². The summed E-state index contributed by atoms with van der Waals surface area (Å²) in [5.74, 6) is -1.36. The Bertz CT molecular complexity index is 1040. The normalized spacial score (nSPS) is 37.6. The number of amides is 4. The second kappa shape index (κ2) is 14.2. The van der Waals surface area contributed by atoms with E-state index in [1.165, 1.54) is 0 Å². The Balaban J connectivity index is 0.00000560. The molecule has 3 rings (SSSR count). The molecule has 0 aromatic rings. The number of hydrogen-bond donors (Lipinski definition) is 9. The maximum Gasteiger partial charge on any atom is 0.483 e. The van der Waals surface area contributed by atoms with Gasteiger partial charge < -0.3 is 50.1 Å². The van der Waals surface area contributed by atoms with Crippen LogP contribution >= 0.6 is 15.6 Å². The van der Waals surface area contributed by atoms with Crippen molar-refractivity contribution in [3.05, 3.63) is 0 Å². The molecular weight excluding hydrogens is 603 g/mol. The van der Waals surface area contributed by atoms with Crippen LogP contribution in [0.25, 0.3) is 0 Å². The second-order valence-corrected chi connectivity index (χ2v) is 11.7. The monoisotopic (exact) mass is 632 g/mol. The molecule has 225 valence electrons. The van der Waals surface area contributed by atoms with Crippen molar-refractivity contribution in [1.29, 1.82) is 0 Å². The summed E-state index contributed by atoms with van der Waals surface area (Å²) in [6.07, 6.45) is -13.9. The summed E-state index contributed by atoms with van der Waals surface area (Å²) in [7, 11) is -11.1. The first-order valence-corrected chi connectivity index (χ1v) is 14.3. The van der Waals surface area contributed by atoms with Crippen LogP contribution < -0.4 is 10.6 Å². The van der Waals surface area contributed by atoms with Gasteiger partial charge in [-0.1, -0.05) is 0 Å². The van der Waals surface area contributed by atoms with E-state index >= 15 is 0 Å². The van der Waals surface area contributed by atoms with Gasteiger partial charge in [0.2, 0.25) is 11.8 Å². The van der Waals surface area contributed by atoms with Gasteiger partial charge >= 0.3 is 21.7 Å². The maximum atomic E-state index is 12.4. The van der Waals surface area contributed by atoms with Crippen molar-refractivity contribution in [2.45, 2.75) is 68.5 Å². The van der Waals surface area contributed by atoms with Gasteiger partial charge in [0, 0.05) is 49.4 Å². The van der Waals surface area contributed by atoms with Gasteiger partial charge in [-0.3, -0.25) is 28.9 Å². The fourth-order valence-corrected chi connectivity index (χ4v) is 6.14. The smallest absolute Gasteiger partial charge is 0.394 e. The molecule has 9 N–H and O–H groups in total. The number of aliphatic hydroxyl groups is 5. The average Bonchev–Trinajstić information content (AvgIpc) is 3.10. The first-order valence-electron chi connectivity index (χ1n) is 11.3. The zero-order valence-electron chi connectivity index (χ0n) is 21.1. The molecule has 0 bridgehead atoms. The molecule has 3 aliphatic rings. The van der Waals surface area contributed by atoms with Crippen LogP contribution in [0.15, 0.2) is 0 Å². The van der Waals surface area contributed by atoms with Gasteiger partial charge in [-0.25, -0.2) is 13.9 Å². The number of imide groups is 1. The largest absolute Gasteiger partial charge is 0.483 e. The number of urea groups is 1. The molecule has 0 aliphatic carbocycles. The number of carbonyl (C=O) groups is 3. The molecule has 23 heteroatoms. The standard InChI is InChI=1S/C17H29N3O17P2.Na/c1-6(22)18-10-13(26)11(24)7(4-21)35-16(10)36-39(31,32)37-38(29,30)33-5-8-12(25)14(27)15(34-8)20-3-2-9(23)19-17(20)28;/h7-8,10-16,21,24-27H,2-5H2,1H3,(H,18,22)(H,29,30)(H,31,32)(H,19,23,28);/t7-,8-,10-,11-,12-,13-,14-,15-,16-;/m1./s1. The zero-order valence-corrected chi connectivity index (χ0v) is 24.9. The molecule has 40 heavy (non-hydrogen) atoms. The van der Waals surface area contributed by atoms with Gasteiger partial charge in [0.1, 0.15) is 42.7 Å². The summed E-state index contributed by atoms with van der Waals surface area (Å²) in [6, 6.07) is -2.60. The molecule has 11 atom stereocenters. The summed E-state index contributed by atoms with van der Waals surface area (Å²) in [5.41, 5.74) is 0. The molecule has 0 aromatic carbocycles. The number of ether oxygens (including phenoxy) is 2. The average molecular weight is 632 g/mol. The predicted molar refractivity (Wildman–Crippen MR) is 124 cm³/mol. The number of rotatable bonds is 10. The van der Waals surface area contributed by atoms with E-state index in [0.717, 1.165) is 11.8 Å². The van der Waals surface area contributed by atoms with Gasteiger partial charge in [0.15, 0.2) is 12.5 Å². The maximum absolute atomic E-state index is 12.4. The molecular formula is C17H29N3NaO17P2. The van der Waals surface area contributed by atoms with Crippen molar-refractivity contribution in [3.63, 3.8) is 0 Å². The molecule has 0 spiro atoms. The van der Waals surface area contributed by atoms with Crippen LogP contribution in [0.4, 0.5) is 4.79 Å². The molecule has 1 radical (unpaired) electrons. The minimum absolute atomic E-state index is 0. The predicted octanol–water partition coefficient (Wildman–Crippen LogP) is -4.81. The van der Waals surface area contributed by atoms with Crippen LogP contribution in [0, 0.1) is 0 Å². The van der Waals surface area contributed by atoms with Crippen LogP contribution in [0.5, 0.6) is 0 Å². The first-order chi connectivity index (χ1) is 18.0. The van der Waals surface area contributed by atoms with Gasteiger partial charge in [-0.2, -0.15) is 4.31 Å². The number of aliphatic hydroxyl groups excluding tert-OH is 5. The summed E-state index contributed by atoms with van der Waals surface area (Å²) in [5, 5.41) is 54.0. The number of hydrogen-bond acceptors (Lipinski definition) is 15. The summed E-state index contributed by atoms with van der Waals surface area (Å²) in [4.78, 5) is 55.6. The van der Waals surface area contributed by atoms with Gasteiger partial charge in [0.25, 0.3) is 0 Å². The fourth-order valence-electron chi connectivity index (χ4n) is 3.98. The number of carbonyl (C=O) groups excluding carboxylic acids is 3. The van der Waals surface area contributed by atoms with Crippen LogP contribution in [0.1, 0.15) is 13.3 Å². The number of phosphoric ester groups is 2. The molecule has 3 heterocycles. The number of nitrogens with one attached hydrogen (secondary N) is 2. The van der Waals surface area contributed by atoms with Gasteiger partial charge in [0.05, 0.1) is 13.2 Å². The van der Waals surface area contributed by atoms with Crippen molar-refractivity contribution in [2.24, 2.45) is 0 Å². The van der Waals surface area contributed by atoms with E-state index in [4.69, 9.17) is 9.47 Å². The second-order valence-electron chi connectivity index (χ2n) is 8.70. The molecule has 2 unspecified atom stereocenters. The van der Waals surface area contributed by atoms with Crippen LogP contribution in [0.3, 0.4) is 0 Å². The minimum Gasteiger partial charge on any atom is -0.394 e. The Hall–Kier alpha value is -0.610. The number of phosphoric acid groups is 2. The Kier molecular flexibility index (Phi) is 12.7. The third kappa shape index (κ3) is 8.71. The van der Waals surface area contributed by atoms with E-state index in [-0.39, 0.29) is 42.5 Å². The fraction of sp³-hybridized carbons (Fsp3) is 0.824. The van der Waals surface area contributed by atoms with Crippen molar-refractivity contribution in [1.82, 2.24) is 15.5 Å². The summed E-state index contributed by atoms with van der Waals surface area (Å²) in [6.45, 7) is -1.07. The van der Waals surface area contributed by atoms with E-state index in [0.29, 0.717) is 0 Å². The first kappa shape index (κ1) is 35.6. The molecule has 20 nitrogen and oxygen atoms in total. The SMILES string of the molecule is CC(=O)N[C@H]1[C@@H](OP(=O)(O)OP(=O)(O)OC[C@H]2O[C@@H](N3CCC(=O)NC3=O)[C@H](O)[C@@H]2O)O[C@H](CO)[C@@H](O)[C@@H]1O.[Na]. The van der Waals surface area contributed by atoms with Gasteiger partial charge in [-0.15, -0.1) is 0 Å². The van der Waals surface area contributed by atoms with E-state index in [1.54, 1.807) is 0 Å². The van der Waals surface area contributed by atoms with E-state index in [1.807, 2.05) is 5.32 Å². The third-order valence-corrected chi connectivity index (χ3v) is 8.43. The molecule has 0 saturated carbocycles. The molecule has 3 saturated heterocycles. The Morgan fingerprint density at radius 1 is 1.05 bits per heavy atom. The number of nitrogens with zero attached hydrogens (tertiary/aromatic N) is 1. The van der Waals surface area contributed by atoms with Gasteiger partial charge in [-0.05, 0) is 0 Å². The summed E-state index contributed by atoms with van der Waals surface area (Å²) >= 11 is 0. The molecule has 3 fully saturated rings. The van der Waals surface area contributed by atoms with Crippen molar-refractivity contribution >= 4 is 63.0 Å². The Morgan fingerprint density at radius 3 is 2.25 bits per heavy atom.